The maximum Gasteiger partial charge on any atom is 0.305 e. The molecular formula is C10H11BrN2O3. The number of aliphatic carboxylic acids is 1. The van der Waals surface area contributed by atoms with Gasteiger partial charge in [0, 0.05) is 24.3 Å². The van der Waals surface area contributed by atoms with Gasteiger partial charge < -0.3 is 10.0 Å². The van der Waals surface area contributed by atoms with Crippen LogP contribution < -0.4 is 0 Å². The zero-order valence-electron chi connectivity index (χ0n) is 8.68. The number of hydrogen-bond acceptors (Lipinski definition) is 3. The minimum absolute atomic E-state index is 0.0707. The maximum absolute atomic E-state index is 11.7. The van der Waals surface area contributed by atoms with Gasteiger partial charge in [-0.3, -0.25) is 9.59 Å². The first-order chi connectivity index (χ1) is 7.50. The molecule has 86 valence electrons. The number of aromatic nitrogens is 1. The van der Waals surface area contributed by atoms with Gasteiger partial charge in [-0.15, -0.1) is 0 Å². The lowest BCUT2D eigenvalue weighted by Crippen LogP contribution is -2.29. The van der Waals surface area contributed by atoms with E-state index in [1.54, 1.807) is 19.2 Å². The molecule has 0 fully saturated rings. The summed E-state index contributed by atoms with van der Waals surface area (Å²) >= 11 is 3.22. The van der Waals surface area contributed by atoms with E-state index in [1.807, 2.05) is 0 Å². The third-order valence-electron chi connectivity index (χ3n) is 1.95. The summed E-state index contributed by atoms with van der Waals surface area (Å²) in [5, 5.41) is 8.49. The standard InChI is InChI=1S/C10H11BrN2O3/c1-13(5-4-9(14)15)10(16)8-3-2-7(11)6-12-8/h2-3,6H,4-5H2,1H3,(H,14,15). The van der Waals surface area contributed by atoms with Gasteiger partial charge >= 0.3 is 5.97 Å². The molecule has 0 aromatic carbocycles. The molecule has 1 amide bonds. The highest BCUT2D eigenvalue weighted by Crippen LogP contribution is 2.08. The Bertz CT molecular complexity index is 392. The van der Waals surface area contributed by atoms with Crippen molar-refractivity contribution in [3.05, 3.63) is 28.5 Å². The molecule has 1 aromatic heterocycles. The van der Waals surface area contributed by atoms with Crippen molar-refractivity contribution in [3.8, 4) is 0 Å². The summed E-state index contributed by atoms with van der Waals surface area (Å²) in [4.78, 5) is 27.3. The Morgan fingerprint density at radius 2 is 2.19 bits per heavy atom. The lowest BCUT2D eigenvalue weighted by Gasteiger charge is -2.15. The first-order valence-electron chi connectivity index (χ1n) is 4.59. The molecule has 0 saturated heterocycles. The van der Waals surface area contributed by atoms with Gasteiger partial charge in [0.2, 0.25) is 0 Å². The number of carboxylic acids is 1. The van der Waals surface area contributed by atoms with Gasteiger partial charge in [-0.05, 0) is 28.1 Å². The predicted molar refractivity (Wildman–Crippen MR) is 61.2 cm³/mol. The smallest absolute Gasteiger partial charge is 0.305 e. The van der Waals surface area contributed by atoms with E-state index >= 15 is 0 Å². The Hall–Kier alpha value is -1.43. The molecule has 5 nitrogen and oxygen atoms in total. The number of carbonyl (C=O) groups excluding carboxylic acids is 1. The number of carbonyl (C=O) groups is 2. The van der Waals surface area contributed by atoms with Crippen LogP contribution in [-0.4, -0.2) is 40.5 Å². The van der Waals surface area contributed by atoms with E-state index in [-0.39, 0.29) is 18.9 Å². The van der Waals surface area contributed by atoms with Crippen molar-refractivity contribution in [2.75, 3.05) is 13.6 Å². The molecule has 6 heteroatoms. The topological polar surface area (TPSA) is 70.5 Å². The van der Waals surface area contributed by atoms with Crippen molar-refractivity contribution in [2.45, 2.75) is 6.42 Å². The van der Waals surface area contributed by atoms with E-state index in [0.717, 1.165) is 4.47 Å². The highest BCUT2D eigenvalue weighted by molar-refractivity contribution is 9.10. The average Bonchev–Trinajstić information content (AvgIpc) is 2.26. The molecule has 1 rings (SSSR count). The van der Waals surface area contributed by atoms with Crippen molar-refractivity contribution < 1.29 is 14.7 Å². The molecule has 0 saturated carbocycles. The van der Waals surface area contributed by atoms with E-state index < -0.39 is 5.97 Å². The first-order valence-corrected chi connectivity index (χ1v) is 5.39. The number of halogens is 1. The van der Waals surface area contributed by atoms with Gasteiger partial charge in [0.05, 0.1) is 6.42 Å². The molecule has 1 N–H and O–H groups in total. The van der Waals surface area contributed by atoms with Crippen LogP contribution in [0.1, 0.15) is 16.9 Å². The fourth-order valence-corrected chi connectivity index (χ4v) is 1.30. The monoisotopic (exact) mass is 286 g/mol. The summed E-state index contributed by atoms with van der Waals surface area (Å²) < 4.78 is 0.789. The van der Waals surface area contributed by atoms with Crippen LogP contribution in [0, 0.1) is 0 Å². The van der Waals surface area contributed by atoms with Crippen LogP contribution in [0.25, 0.3) is 0 Å². The Balaban J connectivity index is 2.63. The SMILES string of the molecule is CN(CCC(=O)O)C(=O)c1ccc(Br)cn1. The van der Waals surface area contributed by atoms with Crippen LogP contribution in [0.4, 0.5) is 0 Å². The second-order valence-corrected chi connectivity index (χ2v) is 4.15. The molecule has 0 bridgehead atoms. The summed E-state index contributed by atoms with van der Waals surface area (Å²) in [6.07, 6.45) is 1.46. The van der Waals surface area contributed by atoms with Gasteiger partial charge in [-0.25, -0.2) is 4.98 Å². The number of amides is 1. The highest BCUT2D eigenvalue weighted by atomic mass is 79.9. The Labute approximate surface area is 101 Å². The van der Waals surface area contributed by atoms with E-state index in [4.69, 9.17) is 5.11 Å². The van der Waals surface area contributed by atoms with E-state index in [1.165, 1.54) is 11.1 Å². The number of rotatable bonds is 4. The van der Waals surface area contributed by atoms with Crippen molar-refractivity contribution in [1.82, 2.24) is 9.88 Å². The van der Waals surface area contributed by atoms with Gasteiger partial charge in [-0.1, -0.05) is 0 Å². The molecule has 0 atom stereocenters. The van der Waals surface area contributed by atoms with Crippen molar-refractivity contribution in [1.29, 1.82) is 0 Å². The molecule has 0 spiro atoms. The maximum atomic E-state index is 11.7. The lowest BCUT2D eigenvalue weighted by molar-refractivity contribution is -0.137. The van der Waals surface area contributed by atoms with Crippen LogP contribution in [0.5, 0.6) is 0 Å². The average molecular weight is 287 g/mol. The zero-order chi connectivity index (χ0) is 12.1. The van der Waals surface area contributed by atoms with Gasteiger partial charge in [0.25, 0.3) is 5.91 Å². The van der Waals surface area contributed by atoms with Gasteiger partial charge in [-0.2, -0.15) is 0 Å². The molecular weight excluding hydrogens is 276 g/mol. The summed E-state index contributed by atoms with van der Waals surface area (Å²) in [7, 11) is 1.55. The van der Waals surface area contributed by atoms with Gasteiger partial charge in [0.1, 0.15) is 5.69 Å². The van der Waals surface area contributed by atoms with Crippen LogP contribution in [0.15, 0.2) is 22.8 Å². The van der Waals surface area contributed by atoms with Crippen molar-refractivity contribution >= 4 is 27.8 Å². The molecule has 0 radical (unpaired) electrons. The summed E-state index contributed by atoms with van der Waals surface area (Å²) in [5.41, 5.74) is 0.302. The van der Waals surface area contributed by atoms with Crippen LogP contribution >= 0.6 is 15.9 Å². The predicted octanol–water partition coefficient (Wildman–Crippen LogP) is 1.39. The Kier molecular flexibility index (Phi) is 4.42. The summed E-state index contributed by atoms with van der Waals surface area (Å²) in [6, 6.07) is 3.30. The summed E-state index contributed by atoms with van der Waals surface area (Å²) in [6.45, 7) is 0.173. The number of carboxylic acid groups (broad SMARTS) is 1. The summed E-state index contributed by atoms with van der Waals surface area (Å²) in [5.74, 6) is -1.21. The van der Waals surface area contributed by atoms with Gasteiger partial charge in [0.15, 0.2) is 0 Å². The number of nitrogens with zero attached hydrogens (tertiary/aromatic N) is 2. The third-order valence-corrected chi connectivity index (χ3v) is 2.42. The second kappa shape index (κ2) is 5.60. The minimum atomic E-state index is -0.927. The van der Waals surface area contributed by atoms with Crippen molar-refractivity contribution in [3.63, 3.8) is 0 Å². The lowest BCUT2D eigenvalue weighted by atomic mass is 10.3. The van der Waals surface area contributed by atoms with Crippen molar-refractivity contribution in [2.24, 2.45) is 0 Å². The fraction of sp³-hybridized carbons (Fsp3) is 0.300. The fourth-order valence-electron chi connectivity index (χ4n) is 1.06. The van der Waals surface area contributed by atoms with Crippen LogP contribution in [0.3, 0.4) is 0 Å². The molecule has 1 heterocycles. The number of pyridine rings is 1. The molecule has 0 aliphatic rings. The Morgan fingerprint density at radius 3 is 2.69 bits per heavy atom. The molecule has 0 aliphatic heterocycles. The molecule has 16 heavy (non-hydrogen) atoms. The zero-order valence-corrected chi connectivity index (χ0v) is 10.3. The quantitative estimate of drug-likeness (QED) is 0.908. The van der Waals surface area contributed by atoms with E-state index in [9.17, 15) is 9.59 Å². The van der Waals surface area contributed by atoms with E-state index in [0.29, 0.717) is 5.69 Å². The minimum Gasteiger partial charge on any atom is -0.481 e. The molecule has 0 unspecified atom stereocenters. The highest BCUT2D eigenvalue weighted by Gasteiger charge is 2.13. The second-order valence-electron chi connectivity index (χ2n) is 3.23. The normalized spacial score (nSPS) is 9.88. The molecule has 0 aliphatic carbocycles. The number of hydrogen-bond donors (Lipinski definition) is 1. The Morgan fingerprint density at radius 1 is 1.50 bits per heavy atom. The third kappa shape index (κ3) is 3.62. The van der Waals surface area contributed by atoms with E-state index in [2.05, 4.69) is 20.9 Å². The van der Waals surface area contributed by atoms with Crippen LogP contribution in [0.2, 0.25) is 0 Å². The largest absolute Gasteiger partial charge is 0.481 e. The van der Waals surface area contributed by atoms with Crippen LogP contribution in [-0.2, 0) is 4.79 Å². The first kappa shape index (κ1) is 12.6. The molecule has 1 aromatic rings.